The van der Waals surface area contributed by atoms with Gasteiger partial charge in [-0.15, -0.1) is 10.2 Å². The number of amides is 1. The minimum Gasteiger partial charge on any atom is -0.497 e. The van der Waals surface area contributed by atoms with Crippen LogP contribution in [0.1, 0.15) is 54.1 Å². The van der Waals surface area contributed by atoms with Crippen molar-refractivity contribution in [3.05, 3.63) is 59.7 Å². The average molecular weight is 464 g/mol. The maximum absolute atomic E-state index is 12.6. The molecule has 2 aliphatic rings. The second kappa shape index (κ2) is 9.87. The fraction of sp³-hybridized carbons (Fsp3) is 0.400. The Kier molecular flexibility index (Phi) is 6.53. The number of hydrogen-bond acceptors (Lipinski definition) is 6. The third-order valence-corrected chi connectivity index (χ3v) is 7.14. The molecular formula is C25H29N5O2S. The third-order valence-electron chi connectivity index (χ3n) is 6.13. The van der Waals surface area contributed by atoms with E-state index in [0.29, 0.717) is 11.6 Å². The number of nitrogens with one attached hydrogen (secondary N) is 1. The standard InChI is InChI=1S/C25H29N5O2S/c1-32-22-13-9-20(10-14-22)26-23(31)19-7-5-18(6-8-19)17-33-25-28-27-24(30(25)21-11-12-21)29-15-3-2-4-16-29/h5-10,13-14,21H,2-4,11-12,15-17H2,1H3,(H,26,31). The van der Waals surface area contributed by atoms with Crippen LogP contribution in [0.25, 0.3) is 0 Å². The molecule has 0 spiro atoms. The van der Waals surface area contributed by atoms with Crippen molar-refractivity contribution < 1.29 is 9.53 Å². The van der Waals surface area contributed by atoms with Gasteiger partial charge in [-0.25, -0.2) is 0 Å². The lowest BCUT2D eigenvalue weighted by molar-refractivity contribution is 0.102. The fourth-order valence-corrected chi connectivity index (χ4v) is 5.06. The molecule has 1 aliphatic heterocycles. The number of anilines is 2. The Labute approximate surface area is 198 Å². The molecule has 0 bridgehead atoms. The van der Waals surface area contributed by atoms with Crippen LogP contribution in [0, 0.1) is 0 Å². The van der Waals surface area contributed by atoms with Crippen LogP contribution in [0.15, 0.2) is 53.7 Å². The molecule has 0 unspecified atom stereocenters. The van der Waals surface area contributed by atoms with E-state index < -0.39 is 0 Å². The molecule has 1 aliphatic carbocycles. The average Bonchev–Trinajstić information content (AvgIpc) is 3.62. The smallest absolute Gasteiger partial charge is 0.255 e. The zero-order valence-electron chi connectivity index (χ0n) is 18.9. The van der Waals surface area contributed by atoms with Crippen LogP contribution in [-0.4, -0.2) is 40.9 Å². The van der Waals surface area contributed by atoms with Crippen LogP contribution in [0.2, 0.25) is 0 Å². The van der Waals surface area contributed by atoms with Gasteiger partial charge in [0.15, 0.2) is 5.16 Å². The Morgan fingerprint density at radius 1 is 1.03 bits per heavy atom. The fourth-order valence-electron chi connectivity index (χ4n) is 4.11. The van der Waals surface area contributed by atoms with E-state index in [-0.39, 0.29) is 5.91 Å². The van der Waals surface area contributed by atoms with Gasteiger partial charge in [0.2, 0.25) is 5.95 Å². The zero-order chi connectivity index (χ0) is 22.6. The third kappa shape index (κ3) is 5.16. The summed E-state index contributed by atoms with van der Waals surface area (Å²) in [4.78, 5) is 15.0. The lowest BCUT2D eigenvalue weighted by Crippen LogP contribution is -2.31. The highest BCUT2D eigenvalue weighted by atomic mass is 32.2. The van der Waals surface area contributed by atoms with E-state index in [1.807, 2.05) is 48.5 Å². The van der Waals surface area contributed by atoms with Crippen LogP contribution < -0.4 is 15.0 Å². The Balaban J connectivity index is 1.21. The molecule has 2 fully saturated rings. The SMILES string of the molecule is COc1ccc(NC(=O)c2ccc(CSc3nnc(N4CCCCC4)n3C3CC3)cc2)cc1. The van der Waals surface area contributed by atoms with Crippen LogP contribution in [0.5, 0.6) is 5.75 Å². The van der Waals surface area contributed by atoms with Gasteiger partial charge < -0.3 is 15.0 Å². The lowest BCUT2D eigenvalue weighted by Gasteiger charge is -2.27. The summed E-state index contributed by atoms with van der Waals surface area (Å²) < 4.78 is 7.51. The molecule has 1 N–H and O–H groups in total. The van der Waals surface area contributed by atoms with Gasteiger partial charge in [-0.1, -0.05) is 23.9 Å². The molecule has 2 aromatic carbocycles. The number of aromatic nitrogens is 3. The first-order valence-electron chi connectivity index (χ1n) is 11.6. The molecule has 2 heterocycles. The van der Waals surface area contributed by atoms with Crippen molar-refractivity contribution in [2.45, 2.75) is 49.1 Å². The van der Waals surface area contributed by atoms with Gasteiger partial charge in [-0.2, -0.15) is 0 Å². The number of nitrogens with zero attached hydrogens (tertiary/aromatic N) is 4. The van der Waals surface area contributed by atoms with Crippen molar-refractivity contribution >= 4 is 29.3 Å². The second-order valence-electron chi connectivity index (χ2n) is 8.60. The van der Waals surface area contributed by atoms with Gasteiger partial charge in [0.05, 0.1) is 7.11 Å². The number of hydrogen-bond donors (Lipinski definition) is 1. The van der Waals surface area contributed by atoms with Gasteiger partial charge in [0.25, 0.3) is 5.91 Å². The number of carbonyl (C=O) groups excluding carboxylic acids is 1. The maximum Gasteiger partial charge on any atom is 0.255 e. The highest BCUT2D eigenvalue weighted by Crippen LogP contribution is 2.41. The highest BCUT2D eigenvalue weighted by molar-refractivity contribution is 7.98. The predicted octanol–water partition coefficient (Wildman–Crippen LogP) is 5.16. The van der Waals surface area contributed by atoms with Gasteiger partial charge >= 0.3 is 0 Å². The van der Waals surface area contributed by atoms with Crippen molar-refractivity contribution in [2.24, 2.45) is 0 Å². The summed E-state index contributed by atoms with van der Waals surface area (Å²) >= 11 is 1.72. The monoisotopic (exact) mass is 463 g/mol. The van der Waals surface area contributed by atoms with E-state index in [4.69, 9.17) is 4.74 Å². The molecule has 7 nitrogen and oxygen atoms in total. The molecule has 5 rings (SSSR count). The molecule has 0 atom stereocenters. The minimum atomic E-state index is -0.126. The normalized spacial score (nSPS) is 16.0. The van der Waals surface area contributed by atoms with E-state index in [2.05, 4.69) is 25.0 Å². The number of ether oxygens (including phenoxy) is 1. The molecule has 33 heavy (non-hydrogen) atoms. The van der Waals surface area contributed by atoms with E-state index in [0.717, 1.165) is 46.9 Å². The first-order chi connectivity index (χ1) is 16.2. The summed E-state index contributed by atoms with van der Waals surface area (Å²) in [6, 6.07) is 15.6. The van der Waals surface area contributed by atoms with E-state index in [1.165, 1.54) is 32.1 Å². The molecular weight excluding hydrogens is 434 g/mol. The van der Waals surface area contributed by atoms with E-state index in [9.17, 15) is 4.79 Å². The Morgan fingerprint density at radius 2 is 1.76 bits per heavy atom. The van der Waals surface area contributed by atoms with Crippen LogP contribution in [0.3, 0.4) is 0 Å². The molecule has 8 heteroatoms. The lowest BCUT2D eigenvalue weighted by atomic mass is 10.1. The van der Waals surface area contributed by atoms with Crippen molar-refractivity contribution in [3.8, 4) is 5.75 Å². The van der Waals surface area contributed by atoms with Crippen molar-refractivity contribution in [1.29, 1.82) is 0 Å². The Hall–Kier alpha value is -3.00. The van der Waals surface area contributed by atoms with Gasteiger partial charge in [-0.3, -0.25) is 9.36 Å². The number of benzene rings is 2. The molecule has 1 amide bonds. The van der Waals surface area contributed by atoms with Crippen LogP contribution in [-0.2, 0) is 5.75 Å². The Morgan fingerprint density at radius 3 is 2.42 bits per heavy atom. The van der Waals surface area contributed by atoms with Crippen LogP contribution in [0.4, 0.5) is 11.6 Å². The first-order valence-corrected chi connectivity index (χ1v) is 12.6. The van der Waals surface area contributed by atoms with Gasteiger partial charge in [0, 0.05) is 36.1 Å². The molecule has 0 radical (unpaired) electrons. The number of carbonyl (C=O) groups is 1. The van der Waals surface area contributed by atoms with E-state index >= 15 is 0 Å². The summed E-state index contributed by atoms with van der Waals surface area (Å²) in [7, 11) is 1.62. The first kappa shape index (κ1) is 21.8. The molecule has 3 aromatic rings. The Bertz CT molecular complexity index is 1090. The summed E-state index contributed by atoms with van der Waals surface area (Å²) in [5, 5.41) is 13.0. The number of piperidine rings is 1. The topological polar surface area (TPSA) is 72.3 Å². The second-order valence-corrected chi connectivity index (χ2v) is 9.54. The minimum absolute atomic E-state index is 0.126. The van der Waals surface area contributed by atoms with Crippen molar-refractivity contribution in [3.63, 3.8) is 0 Å². The number of thioether (sulfide) groups is 1. The molecule has 1 aromatic heterocycles. The zero-order valence-corrected chi connectivity index (χ0v) is 19.7. The highest BCUT2D eigenvalue weighted by Gasteiger charge is 2.32. The number of methoxy groups -OCH3 is 1. The van der Waals surface area contributed by atoms with Crippen molar-refractivity contribution in [1.82, 2.24) is 14.8 Å². The number of rotatable bonds is 8. The largest absolute Gasteiger partial charge is 0.497 e. The van der Waals surface area contributed by atoms with Crippen molar-refractivity contribution in [2.75, 3.05) is 30.4 Å². The van der Waals surface area contributed by atoms with E-state index in [1.54, 1.807) is 18.9 Å². The molecule has 1 saturated heterocycles. The summed E-state index contributed by atoms with van der Waals surface area (Å²) in [5.74, 6) is 2.48. The van der Waals surface area contributed by atoms with Gasteiger partial charge in [-0.05, 0) is 74.1 Å². The summed E-state index contributed by atoms with van der Waals surface area (Å²) in [6.07, 6.45) is 6.20. The predicted molar refractivity (Wildman–Crippen MR) is 131 cm³/mol. The summed E-state index contributed by atoms with van der Waals surface area (Å²) in [5.41, 5.74) is 2.53. The quantitative estimate of drug-likeness (QED) is 0.466. The summed E-state index contributed by atoms with van der Waals surface area (Å²) in [6.45, 7) is 2.16. The van der Waals surface area contributed by atoms with Gasteiger partial charge in [0.1, 0.15) is 5.75 Å². The van der Waals surface area contributed by atoms with Crippen LogP contribution >= 0.6 is 11.8 Å². The maximum atomic E-state index is 12.6. The molecule has 1 saturated carbocycles. The molecule has 172 valence electrons.